The van der Waals surface area contributed by atoms with Crippen molar-refractivity contribution < 1.29 is 4.42 Å². The van der Waals surface area contributed by atoms with Gasteiger partial charge in [0.2, 0.25) is 5.95 Å². The first-order valence-electron chi connectivity index (χ1n) is 20.8. The predicted octanol–water partition coefficient (Wildman–Crippen LogP) is 14.4. The van der Waals surface area contributed by atoms with Gasteiger partial charge < -0.3 is 4.42 Å². The van der Waals surface area contributed by atoms with Gasteiger partial charge in [0.15, 0.2) is 17.5 Å². The van der Waals surface area contributed by atoms with E-state index in [1.807, 2.05) is 48.5 Å². The number of hydrogen-bond acceptors (Lipinski definition) is 7. The van der Waals surface area contributed by atoms with Gasteiger partial charge in [0.25, 0.3) is 0 Å². The molecule has 0 bridgehead atoms. The van der Waals surface area contributed by atoms with Gasteiger partial charge in [-0.05, 0) is 47.5 Å². The summed E-state index contributed by atoms with van der Waals surface area (Å²) in [4.78, 5) is 26.1. The van der Waals surface area contributed by atoms with Gasteiger partial charge >= 0.3 is 0 Å². The van der Waals surface area contributed by atoms with E-state index in [1.54, 1.807) is 11.3 Å². The van der Waals surface area contributed by atoms with Crippen LogP contribution in [0.5, 0.6) is 0 Å². The molecule has 5 aromatic heterocycles. The number of furan rings is 1. The Balaban J connectivity index is 1.00. The number of aromatic nitrogens is 6. The van der Waals surface area contributed by atoms with Crippen molar-refractivity contribution in [1.82, 2.24) is 29.5 Å². The Morgan fingerprint density at radius 2 is 1.03 bits per heavy atom. The van der Waals surface area contributed by atoms with Crippen LogP contribution in [-0.2, 0) is 0 Å². The molecule has 0 aliphatic rings. The zero-order valence-electron chi connectivity index (χ0n) is 33.5. The lowest BCUT2D eigenvalue weighted by Crippen LogP contribution is -2.06. The first-order chi connectivity index (χ1) is 31.2. The van der Waals surface area contributed by atoms with E-state index in [4.69, 9.17) is 29.3 Å². The quantitative estimate of drug-likeness (QED) is 0.166. The Labute approximate surface area is 364 Å². The van der Waals surface area contributed by atoms with Gasteiger partial charge in [-0.3, -0.25) is 4.57 Å². The second-order valence-electron chi connectivity index (χ2n) is 15.6. The maximum atomic E-state index is 6.86. The number of para-hydroxylation sites is 2. The summed E-state index contributed by atoms with van der Waals surface area (Å²) in [6.07, 6.45) is 0. The number of rotatable bonds is 6. The fourth-order valence-electron chi connectivity index (χ4n) is 8.92. The highest BCUT2D eigenvalue weighted by molar-refractivity contribution is 7.26. The first kappa shape index (κ1) is 35.4. The van der Waals surface area contributed by atoms with Crippen LogP contribution in [0, 0.1) is 0 Å². The molecular weight excluding hydrogens is 793 g/mol. The summed E-state index contributed by atoms with van der Waals surface area (Å²) in [6, 6.07) is 66.8. The first-order valence-corrected chi connectivity index (χ1v) is 21.6. The van der Waals surface area contributed by atoms with E-state index in [1.165, 1.54) is 4.70 Å². The van der Waals surface area contributed by atoms with Crippen molar-refractivity contribution in [2.24, 2.45) is 0 Å². The van der Waals surface area contributed by atoms with E-state index in [-0.39, 0.29) is 0 Å². The van der Waals surface area contributed by atoms with Crippen LogP contribution in [0.3, 0.4) is 0 Å². The molecule has 0 atom stereocenters. The Kier molecular flexibility index (Phi) is 7.94. The summed E-state index contributed by atoms with van der Waals surface area (Å²) < 4.78 is 11.3. The van der Waals surface area contributed by atoms with Crippen LogP contribution in [0.25, 0.3) is 127 Å². The molecule has 0 fully saturated rings. The molecule has 0 aliphatic carbocycles. The average Bonchev–Trinajstić information content (AvgIpc) is 4.03. The minimum Gasteiger partial charge on any atom is -0.455 e. The van der Waals surface area contributed by atoms with Crippen molar-refractivity contribution in [2.75, 3.05) is 0 Å². The molecule has 13 aromatic rings. The highest BCUT2D eigenvalue weighted by atomic mass is 32.1. The molecule has 0 saturated heterocycles. The molecule has 0 spiro atoms. The summed E-state index contributed by atoms with van der Waals surface area (Å²) in [5.41, 5.74) is 11.2. The molecule has 0 N–H and O–H groups in total. The lowest BCUT2D eigenvalue weighted by atomic mass is 10.0. The minimum absolute atomic E-state index is 0.532. The topological polar surface area (TPSA) is 82.5 Å². The van der Waals surface area contributed by atoms with Crippen molar-refractivity contribution in [3.63, 3.8) is 0 Å². The van der Waals surface area contributed by atoms with Crippen LogP contribution in [0.15, 0.2) is 199 Å². The van der Waals surface area contributed by atoms with E-state index in [0.717, 1.165) is 92.8 Å². The fraction of sp³-hybridized carbons (Fsp3) is 0. The third kappa shape index (κ3) is 5.76. The van der Waals surface area contributed by atoms with Gasteiger partial charge in [0.1, 0.15) is 11.2 Å². The zero-order valence-corrected chi connectivity index (χ0v) is 34.3. The molecule has 0 unspecified atom stereocenters. The van der Waals surface area contributed by atoms with Crippen LogP contribution in [0.4, 0.5) is 0 Å². The standard InChI is InChI=1S/C55H32N6OS/c1-4-15-33(16-5-1)36-27-29-39-38-21-10-12-25-44(38)61(45(39)31-36)55-59-52(35-19-8-3-9-20-35)58-53(60-55)37-28-30-40-41-23-14-24-43(50(41)62-46(40)32-37)54-56-48(34-17-6-2-7-18-34)51-49(57-54)42-22-11-13-26-47(42)63-51/h1-32H. The smallest absolute Gasteiger partial charge is 0.238 e. The van der Waals surface area contributed by atoms with Crippen LogP contribution in [0.2, 0.25) is 0 Å². The molecule has 8 heteroatoms. The van der Waals surface area contributed by atoms with E-state index in [2.05, 4.69) is 150 Å². The fourth-order valence-corrected chi connectivity index (χ4v) is 10.1. The Hall–Kier alpha value is -8.33. The Morgan fingerprint density at radius 3 is 1.84 bits per heavy atom. The van der Waals surface area contributed by atoms with Gasteiger partial charge in [-0.25, -0.2) is 15.0 Å². The van der Waals surface area contributed by atoms with Gasteiger partial charge in [-0.1, -0.05) is 158 Å². The summed E-state index contributed by atoms with van der Waals surface area (Å²) in [7, 11) is 0. The normalized spacial score (nSPS) is 11.8. The average molecular weight is 825 g/mol. The maximum absolute atomic E-state index is 6.86. The molecule has 63 heavy (non-hydrogen) atoms. The van der Waals surface area contributed by atoms with E-state index < -0.39 is 0 Å². The van der Waals surface area contributed by atoms with Crippen molar-refractivity contribution >= 4 is 75.4 Å². The summed E-state index contributed by atoms with van der Waals surface area (Å²) >= 11 is 1.73. The monoisotopic (exact) mass is 824 g/mol. The molecule has 0 saturated carbocycles. The lowest BCUT2D eigenvalue weighted by Gasteiger charge is -2.11. The number of benzene rings is 8. The lowest BCUT2D eigenvalue weighted by molar-refractivity contribution is 0.669. The SMILES string of the molecule is c1ccc(-c2ccc3c4ccccc4n(-c4nc(-c5ccccc5)nc(-c5ccc6c(c5)oc5c(-c7nc(-c8ccccc8)c8sc9ccccc9c8n7)cccc56)n4)c3c2)cc1. The largest absolute Gasteiger partial charge is 0.455 e. The van der Waals surface area contributed by atoms with Gasteiger partial charge in [0.05, 0.1) is 32.5 Å². The highest BCUT2D eigenvalue weighted by Crippen LogP contribution is 2.42. The van der Waals surface area contributed by atoms with Crippen LogP contribution < -0.4 is 0 Å². The summed E-state index contributed by atoms with van der Waals surface area (Å²) in [5, 5.41) is 5.33. The van der Waals surface area contributed by atoms with E-state index in [0.29, 0.717) is 29.0 Å². The van der Waals surface area contributed by atoms with Crippen molar-refractivity contribution in [3.05, 3.63) is 194 Å². The molecule has 5 heterocycles. The second-order valence-corrected chi connectivity index (χ2v) is 16.7. The van der Waals surface area contributed by atoms with Gasteiger partial charge in [-0.2, -0.15) is 9.97 Å². The van der Waals surface area contributed by atoms with Crippen molar-refractivity contribution in [3.8, 4) is 62.5 Å². The van der Waals surface area contributed by atoms with Crippen LogP contribution in [0.1, 0.15) is 0 Å². The zero-order chi connectivity index (χ0) is 41.4. The maximum Gasteiger partial charge on any atom is 0.238 e. The molecule has 0 radical (unpaired) electrons. The number of thiophene rings is 1. The third-order valence-corrected chi connectivity index (χ3v) is 13.1. The molecule has 0 amide bonds. The number of fused-ring (bicyclic) bond motifs is 9. The van der Waals surface area contributed by atoms with Crippen molar-refractivity contribution in [1.29, 1.82) is 0 Å². The van der Waals surface area contributed by atoms with Gasteiger partial charge in [-0.15, -0.1) is 11.3 Å². The van der Waals surface area contributed by atoms with Crippen LogP contribution >= 0.6 is 11.3 Å². The van der Waals surface area contributed by atoms with E-state index >= 15 is 0 Å². The second kappa shape index (κ2) is 14.1. The predicted molar refractivity (Wildman–Crippen MR) is 257 cm³/mol. The summed E-state index contributed by atoms with van der Waals surface area (Å²) in [6.45, 7) is 0. The molecule has 8 aromatic carbocycles. The summed E-state index contributed by atoms with van der Waals surface area (Å²) in [5.74, 6) is 2.27. The molecule has 294 valence electrons. The number of nitrogens with zero attached hydrogens (tertiary/aromatic N) is 6. The highest BCUT2D eigenvalue weighted by Gasteiger charge is 2.22. The Morgan fingerprint density at radius 1 is 0.397 bits per heavy atom. The Bertz CT molecular complexity index is 3910. The molecule has 13 rings (SSSR count). The molecule has 0 aliphatic heterocycles. The van der Waals surface area contributed by atoms with Crippen molar-refractivity contribution in [2.45, 2.75) is 0 Å². The van der Waals surface area contributed by atoms with Gasteiger partial charge in [0, 0.05) is 48.3 Å². The third-order valence-electron chi connectivity index (χ3n) is 11.9. The van der Waals surface area contributed by atoms with E-state index in [9.17, 15) is 0 Å². The minimum atomic E-state index is 0.532. The molecular formula is C55H32N6OS. The number of hydrogen-bond donors (Lipinski definition) is 0. The molecule has 7 nitrogen and oxygen atoms in total. The van der Waals surface area contributed by atoms with Crippen LogP contribution in [-0.4, -0.2) is 29.5 Å².